The monoisotopic (exact) mass is 751 g/mol. The zero-order chi connectivity index (χ0) is 38.0. The number of ether oxygens (including phenoxy) is 9. The molecule has 53 heavy (non-hydrogen) atoms. The molecule has 3 saturated heterocycles. The van der Waals surface area contributed by atoms with E-state index >= 15 is 0 Å². The number of esters is 3. The van der Waals surface area contributed by atoms with Crippen molar-refractivity contribution in [2.45, 2.75) is 115 Å². The molecule has 0 unspecified atom stereocenters. The maximum absolute atomic E-state index is 12.8. The molecule has 298 valence electrons. The second kappa shape index (κ2) is 22.8. The normalized spacial score (nSPS) is 20.2. The smallest absolute Gasteiger partial charge is 0.412 e. The minimum Gasteiger partial charge on any atom is -0.464 e. The first-order valence-corrected chi connectivity index (χ1v) is 19.1. The lowest BCUT2D eigenvalue weighted by molar-refractivity contribution is -0.159. The van der Waals surface area contributed by atoms with Gasteiger partial charge in [-0.2, -0.15) is 0 Å². The standard InChI is InChI=1S/C23H31NO6.C10H18O5.C5H8O3/c1-2-28-22(25)20(14-29-17-9-11-27-12-10-17)30-23(26)24-21-18-7-3-5-15(18)13-16-6-4-8-19(16)21;1-2-14-10(12)9(11)7-15-8-3-5-13-6-4-8;1-2-7-5(6)4-3-8-4/h13,17,20H,2-12,14H2,1H3,(H,24,26);8-9,11H,2-7H2,1H3;4H,2-3H2,1H3/t20-;9-;4-/m111/s1. The van der Waals surface area contributed by atoms with Crippen molar-refractivity contribution in [1.82, 2.24) is 0 Å². The molecule has 3 fully saturated rings. The van der Waals surface area contributed by atoms with E-state index < -0.39 is 30.2 Å². The molecule has 15 nitrogen and oxygen atoms in total. The summed E-state index contributed by atoms with van der Waals surface area (Å²) in [4.78, 5) is 46.6. The van der Waals surface area contributed by atoms with Crippen molar-refractivity contribution in [3.8, 4) is 0 Å². The van der Waals surface area contributed by atoms with E-state index in [1.54, 1.807) is 20.8 Å². The number of rotatable bonds is 14. The molecule has 0 saturated carbocycles. The highest BCUT2D eigenvalue weighted by Crippen LogP contribution is 2.38. The molecule has 0 radical (unpaired) electrons. The third kappa shape index (κ3) is 14.1. The van der Waals surface area contributed by atoms with E-state index in [0.29, 0.717) is 39.6 Å². The van der Waals surface area contributed by atoms with Crippen molar-refractivity contribution >= 4 is 29.7 Å². The Labute approximate surface area is 311 Å². The van der Waals surface area contributed by atoms with Crippen LogP contribution in [0, 0.1) is 0 Å². The first-order valence-electron chi connectivity index (χ1n) is 19.1. The fraction of sp³-hybridized carbons (Fsp3) is 0.737. The maximum Gasteiger partial charge on any atom is 0.412 e. The molecule has 3 aliphatic heterocycles. The first kappa shape index (κ1) is 42.4. The van der Waals surface area contributed by atoms with Crippen LogP contribution in [0.25, 0.3) is 0 Å². The Morgan fingerprint density at radius 3 is 1.77 bits per heavy atom. The molecular formula is C38H57NO14. The summed E-state index contributed by atoms with van der Waals surface area (Å²) in [5, 5.41) is 12.3. The molecule has 1 amide bonds. The number of nitrogens with one attached hydrogen (secondary N) is 1. The molecule has 1 aromatic rings. The Hall–Kier alpha value is -3.34. The Morgan fingerprint density at radius 1 is 0.755 bits per heavy atom. The second-order valence-electron chi connectivity index (χ2n) is 13.1. The van der Waals surface area contributed by atoms with Crippen LogP contribution < -0.4 is 5.32 Å². The van der Waals surface area contributed by atoms with Gasteiger partial charge in [0.05, 0.1) is 57.5 Å². The van der Waals surface area contributed by atoms with Gasteiger partial charge < -0.3 is 47.7 Å². The number of aliphatic hydroxyl groups excluding tert-OH is 1. The van der Waals surface area contributed by atoms with Gasteiger partial charge in [-0.05, 0) is 107 Å². The molecule has 3 heterocycles. The summed E-state index contributed by atoms with van der Waals surface area (Å²) in [6.07, 6.45) is 6.37. The number of aliphatic hydroxyl groups is 1. The predicted molar refractivity (Wildman–Crippen MR) is 190 cm³/mol. The summed E-state index contributed by atoms with van der Waals surface area (Å²) in [6.45, 7) is 9.31. The molecule has 2 N–H and O–H groups in total. The fourth-order valence-corrected chi connectivity index (χ4v) is 6.48. The van der Waals surface area contributed by atoms with Gasteiger partial charge in [-0.25, -0.2) is 19.2 Å². The van der Waals surface area contributed by atoms with Crippen molar-refractivity contribution in [2.75, 3.05) is 71.4 Å². The lowest BCUT2D eigenvalue weighted by atomic mass is 9.99. The number of hydrogen-bond acceptors (Lipinski definition) is 14. The van der Waals surface area contributed by atoms with Crippen molar-refractivity contribution in [3.05, 3.63) is 28.3 Å². The van der Waals surface area contributed by atoms with Crippen molar-refractivity contribution in [3.63, 3.8) is 0 Å². The zero-order valence-electron chi connectivity index (χ0n) is 31.4. The molecule has 5 aliphatic rings. The van der Waals surface area contributed by atoms with Gasteiger partial charge in [0.2, 0.25) is 6.10 Å². The molecule has 0 spiro atoms. The molecule has 3 atom stereocenters. The van der Waals surface area contributed by atoms with Gasteiger partial charge in [-0.3, -0.25) is 5.32 Å². The quantitative estimate of drug-likeness (QED) is 0.160. The first-order chi connectivity index (χ1) is 25.7. The Balaban J connectivity index is 0.000000225. The van der Waals surface area contributed by atoms with Crippen molar-refractivity contribution < 1.29 is 66.9 Å². The third-order valence-electron chi connectivity index (χ3n) is 9.25. The molecule has 15 heteroatoms. The summed E-state index contributed by atoms with van der Waals surface area (Å²) < 4.78 is 46.2. The molecule has 0 aromatic heterocycles. The molecule has 0 bridgehead atoms. The highest BCUT2D eigenvalue weighted by atomic mass is 16.6. The van der Waals surface area contributed by atoms with Gasteiger partial charge in [0.15, 0.2) is 12.2 Å². The number of aryl methyl sites for hydroxylation is 2. The van der Waals surface area contributed by atoms with Crippen LogP contribution in [0.2, 0.25) is 0 Å². The van der Waals surface area contributed by atoms with Crippen molar-refractivity contribution in [2.24, 2.45) is 0 Å². The van der Waals surface area contributed by atoms with E-state index in [1.165, 1.54) is 22.3 Å². The fourth-order valence-electron chi connectivity index (χ4n) is 6.48. The highest BCUT2D eigenvalue weighted by Gasteiger charge is 2.33. The van der Waals surface area contributed by atoms with Gasteiger partial charge >= 0.3 is 24.0 Å². The number of fused-ring (bicyclic) bond motifs is 2. The number of anilines is 1. The average Bonchev–Trinajstić information content (AvgIpc) is 3.74. The number of amides is 1. The minimum atomic E-state index is -1.17. The van der Waals surface area contributed by atoms with Gasteiger partial charge in [-0.1, -0.05) is 6.07 Å². The van der Waals surface area contributed by atoms with E-state index in [2.05, 4.69) is 25.6 Å². The summed E-state index contributed by atoms with van der Waals surface area (Å²) in [6, 6.07) is 2.31. The zero-order valence-corrected chi connectivity index (χ0v) is 31.4. The van der Waals surface area contributed by atoms with Crippen LogP contribution in [0.15, 0.2) is 6.07 Å². The maximum atomic E-state index is 12.8. The molecular weight excluding hydrogens is 694 g/mol. The Morgan fingerprint density at radius 2 is 1.26 bits per heavy atom. The number of hydrogen-bond donors (Lipinski definition) is 2. The van der Waals surface area contributed by atoms with Crippen LogP contribution >= 0.6 is 0 Å². The van der Waals surface area contributed by atoms with Crippen molar-refractivity contribution in [1.29, 1.82) is 0 Å². The minimum absolute atomic E-state index is 0.00278. The SMILES string of the molecule is CCOC(=O)[C@@H](COC1CCOCC1)OC(=O)Nc1c2c(cc3c1CCC3)CCC2.CCOC(=O)[C@H](O)COC1CCOCC1.CCOC(=O)[C@H]1CO1. The Kier molecular flexibility index (Phi) is 18.2. The summed E-state index contributed by atoms with van der Waals surface area (Å²) in [5.41, 5.74) is 6.00. The lowest BCUT2D eigenvalue weighted by Crippen LogP contribution is -2.37. The summed E-state index contributed by atoms with van der Waals surface area (Å²) in [5.74, 6) is -1.43. The van der Waals surface area contributed by atoms with Crippen LogP contribution in [0.1, 0.15) is 81.5 Å². The van der Waals surface area contributed by atoms with E-state index in [0.717, 1.165) is 69.9 Å². The molecule has 6 rings (SSSR count). The number of epoxide rings is 1. The van der Waals surface area contributed by atoms with Gasteiger partial charge in [0.1, 0.15) is 0 Å². The Bertz CT molecular complexity index is 1290. The van der Waals surface area contributed by atoms with Crippen LogP contribution in [-0.2, 0) is 82.7 Å². The number of benzene rings is 1. The van der Waals surface area contributed by atoms with Crippen LogP contribution in [0.4, 0.5) is 10.5 Å². The van der Waals surface area contributed by atoms with Gasteiger partial charge in [0.25, 0.3) is 0 Å². The van der Waals surface area contributed by atoms with Crippen LogP contribution in [0.3, 0.4) is 0 Å². The van der Waals surface area contributed by atoms with Gasteiger partial charge in [-0.15, -0.1) is 0 Å². The van der Waals surface area contributed by atoms with E-state index in [9.17, 15) is 24.3 Å². The molecule has 1 aromatic carbocycles. The molecule has 2 aliphatic carbocycles. The van der Waals surface area contributed by atoms with Gasteiger partial charge in [0, 0.05) is 26.4 Å². The van der Waals surface area contributed by atoms with Crippen LogP contribution in [-0.4, -0.2) is 126 Å². The average molecular weight is 752 g/mol. The highest BCUT2D eigenvalue weighted by molar-refractivity contribution is 5.90. The predicted octanol–water partition coefficient (Wildman–Crippen LogP) is 3.39. The second-order valence-corrected chi connectivity index (χ2v) is 13.1. The number of carbonyl (C=O) groups is 4. The van der Waals surface area contributed by atoms with E-state index in [1.807, 2.05) is 0 Å². The third-order valence-corrected chi connectivity index (χ3v) is 9.25. The lowest BCUT2D eigenvalue weighted by Gasteiger charge is -2.25. The topological polar surface area (TPSA) is 187 Å². The van der Waals surface area contributed by atoms with Crippen LogP contribution in [0.5, 0.6) is 0 Å². The largest absolute Gasteiger partial charge is 0.464 e. The summed E-state index contributed by atoms with van der Waals surface area (Å²) >= 11 is 0. The van der Waals surface area contributed by atoms with E-state index in [4.69, 9.17) is 28.4 Å². The number of carbonyl (C=O) groups excluding carboxylic acids is 4. The summed E-state index contributed by atoms with van der Waals surface area (Å²) in [7, 11) is 0. The van der Waals surface area contributed by atoms with E-state index in [-0.39, 0.29) is 50.7 Å².